The van der Waals surface area contributed by atoms with E-state index in [1.165, 1.54) is 10.5 Å². The first-order chi connectivity index (χ1) is 10.2. The molecule has 0 fully saturated rings. The molecule has 1 N–H and O–H groups in total. The lowest BCUT2D eigenvalue weighted by Gasteiger charge is -2.18. The van der Waals surface area contributed by atoms with Gasteiger partial charge in [-0.25, -0.2) is 4.98 Å². The van der Waals surface area contributed by atoms with Crippen LogP contribution in [0.4, 0.5) is 0 Å². The van der Waals surface area contributed by atoms with Gasteiger partial charge in [0.2, 0.25) is 0 Å². The maximum absolute atomic E-state index is 4.45. The van der Waals surface area contributed by atoms with Crippen LogP contribution < -0.4 is 5.32 Å². The van der Waals surface area contributed by atoms with Gasteiger partial charge in [0, 0.05) is 42.6 Å². The second-order valence-electron chi connectivity index (χ2n) is 5.39. The summed E-state index contributed by atoms with van der Waals surface area (Å²) in [6.45, 7) is 5.44. The van der Waals surface area contributed by atoms with E-state index in [-0.39, 0.29) is 0 Å². The predicted octanol–water partition coefficient (Wildman–Crippen LogP) is 3.43. The molecule has 114 valence electrons. The highest BCUT2D eigenvalue weighted by molar-refractivity contribution is 7.99. The standard InChI is InChI=1S/C17H25N3S/c1-4-9-18-15(12-17-19-10-11-20(17)3)13-21-16-8-6-5-7-14(16)2/h5-8,10-11,15,18H,4,9,12-13H2,1-3H3. The molecule has 1 aromatic heterocycles. The van der Waals surface area contributed by atoms with Crippen molar-refractivity contribution in [2.45, 2.75) is 37.6 Å². The maximum atomic E-state index is 4.45. The average Bonchev–Trinajstić information content (AvgIpc) is 2.88. The molecule has 0 saturated carbocycles. The molecule has 3 nitrogen and oxygen atoms in total. The van der Waals surface area contributed by atoms with E-state index in [0.29, 0.717) is 6.04 Å². The van der Waals surface area contributed by atoms with Crippen LogP contribution in [0.5, 0.6) is 0 Å². The number of aromatic nitrogens is 2. The number of nitrogens with zero attached hydrogens (tertiary/aromatic N) is 2. The number of aryl methyl sites for hydroxylation is 2. The van der Waals surface area contributed by atoms with Gasteiger partial charge < -0.3 is 9.88 Å². The van der Waals surface area contributed by atoms with Crippen molar-refractivity contribution < 1.29 is 0 Å². The van der Waals surface area contributed by atoms with Gasteiger partial charge in [-0.2, -0.15) is 0 Å². The van der Waals surface area contributed by atoms with Crippen LogP contribution in [0.1, 0.15) is 24.7 Å². The lowest BCUT2D eigenvalue weighted by atomic mass is 10.2. The Morgan fingerprint density at radius 3 is 2.81 bits per heavy atom. The molecule has 2 rings (SSSR count). The molecule has 1 atom stereocenters. The van der Waals surface area contributed by atoms with Gasteiger partial charge in [-0.15, -0.1) is 11.8 Å². The van der Waals surface area contributed by atoms with Gasteiger partial charge in [0.05, 0.1) is 0 Å². The lowest BCUT2D eigenvalue weighted by molar-refractivity contribution is 0.532. The summed E-state index contributed by atoms with van der Waals surface area (Å²) < 4.78 is 2.11. The Labute approximate surface area is 132 Å². The van der Waals surface area contributed by atoms with E-state index in [1.54, 1.807) is 0 Å². The molecule has 0 amide bonds. The third-order valence-corrected chi connectivity index (χ3v) is 4.90. The van der Waals surface area contributed by atoms with Gasteiger partial charge in [0.1, 0.15) is 5.82 Å². The summed E-state index contributed by atoms with van der Waals surface area (Å²) in [6.07, 6.45) is 6.02. The van der Waals surface area contributed by atoms with E-state index in [4.69, 9.17) is 0 Å². The normalized spacial score (nSPS) is 12.5. The second-order valence-corrected chi connectivity index (χ2v) is 6.45. The van der Waals surface area contributed by atoms with E-state index in [1.807, 2.05) is 24.2 Å². The fourth-order valence-corrected chi connectivity index (χ4v) is 3.35. The van der Waals surface area contributed by atoms with Crippen LogP contribution in [-0.2, 0) is 13.5 Å². The summed E-state index contributed by atoms with van der Waals surface area (Å²) in [7, 11) is 2.06. The molecular weight excluding hydrogens is 278 g/mol. The fraction of sp³-hybridized carbons (Fsp3) is 0.471. The number of thioether (sulfide) groups is 1. The van der Waals surface area contributed by atoms with Crippen LogP contribution in [0.3, 0.4) is 0 Å². The quantitative estimate of drug-likeness (QED) is 0.758. The molecule has 0 radical (unpaired) electrons. The zero-order valence-electron chi connectivity index (χ0n) is 13.2. The molecule has 4 heteroatoms. The van der Waals surface area contributed by atoms with Gasteiger partial charge in [0.15, 0.2) is 0 Å². The summed E-state index contributed by atoms with van der Waals surface area (Å²) in [5.41, 5.74) is 1.36. The van der Waals surface area contributed by atoms with Gasteiger partial charge in [0.25, 0.3) is 0 Å². The SMILES string of the molecule is CCCNC(CSc1ccccc1C)Cc1nccn1C. The van der Waals surface area contributed by atoms with Crippen LogP contribution in [0.2, 0.25) is 0 Å². The smallest absolute Gasteiger partial charge is 0.109 e. The van der Waals surface area contributed by atoms with Gasteiger partial charge >= 0.3 is 0 Å². The largest absolute Gasteiger partial charge is 0.338 e. The minimum atomic E-state index is 0.454. The van der Waals surface area contributed by atoms with Crippen molar-refractivity contribution in [2.75, 3.05) is 12.3 Å². The third kappa shape index (κ3) is 4.90. The highest BCUT2D eigenvalue weighted by Crippen LogP contribution is 2.23. The van der Waals surface area contributed by atoms with Crippen molar-refractivity contribution in [2.24, 2.45) is 7.05 Å². The molecule has 1 aromatic carbocycles. The monoisotopic (exact) mass is 303 g/mol. The van der Waals surface area contributed by atoms with E-state index in [2.05, 4.69) is 60.0 Å². The zero-order chi connectivity index (χ0) is 15.1. The van der Waals surface area contributed by atoms with Crippen LogP contribution >= 0.6 is 11.8 Å². The Hall–Kier alpha value is -1.26. The van der Waals surface area contributed by atoms with Crippen LogP contribution in [-0.4, -0.2) is 27.9 Å². The topological polar surface area (TPSA) is 29.9 Å². The highest BCUT2D eigenvalue weighted by Gasteiger charge is 2.12. The number of hydrogen-bond donors (Lipinski definition) is 1. The summed E-state index contributed by atoms with van der Waals surface area (Å²) in [6, 6.07) is 9.05. The van der Waals surface area contributed by atoms with Gasteiger partial charge in [-0.3, -0.25) is 0 Å². The molecule has 0 spiro atoms. The van der Waals surface area contributed by atoms with Crippen molar-refractivity contribution in [3.8, 4) is 0 Å². The van der Waals surface area contributed by atoms with E-state index in [9.17, 15) is 0 Å². The second kappa shape index (κ2) is 8.25. The Kier molecular flexibility index (Phi) is 6.33. The van der Waals surface area contributed by atoms with Crippen molar-refractivity contribution in [3.63, 3.8) is 0 Å². The number of hydrogen-bond acceptors (Lipinski definition) is 3. The van der Waals surface area contributed by atoms with E-state index < -0.39 is 0 Å². The van der Waals surface area contributed by atoms with Crippen LogP contribution in [0.25, 0.3) is 0 Å². The zero-order valence-corrected chi connectivity index (χ0v) is 14.0. The van der Waals surface area contributed by atoms with Crippen molar-refractivity contribution in [1.82, 2.24) is 14.9 Å². The van der Waals surface area contributed by atoms with Gasteiger partial charge in [-0.05, 0) is 31.5 Å². The summed E-state index contributed by atoms with van der Waals surface area (Å²) in [5.74, 6) is 2.21. The van der Waals surface area contributed by atoms with Crippen LogP contribution in [0, 0.1) is 6.92 Å². The van der Waals surface area contributed by atoms with Gasteiger partial charge in [-0.1, -0.05) is 25.1 Å². The van der Waals surface area contributed by atoms with Crippen molar-refractivity contribution >= 4 is 11.8 Å². The molecule has 0 aliphatic rings. The molecule has 0 saturated heterocycles. The molecule has 0 aliphatic heterocycles. The maximum Gasteiger partial charge on any atom is 0.109 e. The van der Waals surface area contributed by atoms with Crippen LogP contribution in [0.15, 0.2) is 41.6 Å². The highest BCUT2D eigenvalue weighted by atomic mass is 32.2. The Morgan fingerprint density at radius 2 is 2.14 bits per heavy atom. The molecule has 1 unspecified atom stereocenters. The summed E-state index contributed by atoms with van der Waals surface area (Å²) >= 11 is 1.93. The molecule has 1 heterocycles. The lowest BCUT2D eigenvalue weighted by Crippen LogP contribution is -2.34. The summed E-state index contributed by atoms with van der Waals surface area (Å²) in [4.78, 5) is 5.83. The van der Waals surface area contributed by atoms with E-state index in [0.717, 1.165) is 31.0 Å². The first-order valence-corrected chi connectivity index (χ1v) is 8.57. The Bertz CT molecular complexity index is 550. The predicted molar refractivity (Wildman–Crippen MR) is 90.9 cm³/mol. The summed E-state index contributed by atoms with van der Waals surface area (Å²) in [5, 5.41) is 3.65. The number of imidazole rings is 1. The first kappa shape index (κ1) is 16.1. The number of rotatable bonds is 8. The van der Waals surface area contributed by atoms with E-state index >= 15 is 0 Å². The molecular formula is C17H25N3S. The average molecular weight is 303 g/mol. The minimum Gasteiger partial charge on any atom is -0.338 e. The molecule has 0 bridgehead atoms. The van der Waals surface area contributed by atoms with Crippen molar-refractivity contribution in [1.29, 1.82) is 0 Å². The number of benzene rings is 1. The Balaban J connectivity index is 1.96. The van der Waals surface area contributed by atoms with Crippen molar-refractivity contribution in [3.05, 3.63) is 48.0 Å². The third-order valence-electron chi connectivity index (χ3n) is 3.57. The molecule has 2 aromatic rings. The Morgan fingerprint density at radius 1 is 1.33 bits per heavy atom. The first-order valence-electron chi connectivity index (χ1n) is 7.58. The fourth-order valence-electron chi connectivity index (χ4n) is 2.26. The molecule has 21 heavy (non-hydrogen) atoms. The minimum absolute atomic E-state index is 0.454. The number of nitrogens with one attached hydrogen (secondary N) is 1. The molecule has 0 aliphatic carbocycles.